The Bertz CT molecular complexity index is 1320. The molecule has 3 N–H and O–H groups in total. The Morgan fingerprint density at radius 2 is 2.03 bits per heavy atom. The summed E-state index contributed by atoms with van der Waals surface area (Å²) in [5.74, 6) is -0.603. The van der Waals surface area contributed by atoms with E-state index in [9.17, 15) is 14.4 Å². The van der Waals surface area contributed by atoms with Crippen molar-refractivity contribution in [2.24, 2.45) is 0 Å². The van der Waals surface area contributed by atoms with Crippen LogP contribution < -0.4 is 10.9 Å². The molecule has 1 amide bonds. The van der Waals surface area contributed by atoms with Crippen molar-refractivity contribution in [2.45, 2.75) is 26.9 Å². The first-order chi connectivity index (χ1) is 13.8. The summed E-state index contributed by atoms with van der Waals surface area (Å²) < 4.78 is 5.29. The Morgan fingerprint density at radius 3 is 2.83 bits per heavy atom. The zero-order valence-electron chi connectivity index (χ0n) is 15.6. The molecule has 0 radical (unpaired) electrons. The van der Waals surface area contributed by atoms with Crippen molar-refractivity contribution in [1.29, 1.82) is 0 Å². The lowest BCUT2D eigenvalue weighted by Crippen LogP contribution is -2.30. The monoisotopic (exact) mass is 413 g/mol. The lowest BCUT2D eigenvalue weighted by atomic mass is 10.2. The molecule has 0 fully saturated rings. The molecule has 148 valence electrons. The van der Waals surface area contributed by atoms with Gasteiger partial charge in [-0.05, 0) is 26.3 Å². The zero-order chi connectivity index (χ0) is 20.7. The molecule has 0 saturated heterocycles. The highest BCUT2D eigenvalue weighted by Crippen LogP contribution is 2.28. The van der Waals surface area contributed by atoms with E-state index in [1.54, 1.807) is 13.8 Å². The lowest BCUT2D eigenvalue weighted by molar-refractivity contribution is -0.123. The van der Waals surface area contributed by atoms with Crippen molar-refractivity contribution < 1.29 is 14.3 Å². The first kappa shape index (κ1) is 18.7. The van der Waals surface area contributed by atoms with Crippen LogP contribution in [-0.4, -0.2) is 47.9 Å². The van der Waals surface area contributed by atoms with Gasteiger partial charge in [0, 0.05) is 0 Å². The number of carbonyl (C=O) groups is 2. The van der Waals surface area contributed by atoms with Gasteiger partial charge in [-0.15, -0.1) is 11.3 Å². The highest BCUT2D eigenvalue weighted by molar-refractivity contribution is 7.20. The maximum absolute atomic E-state index is 12.6. The number of hydrogen-bond acceptors (Lipinski definition) is 9. The number of imidazole rings is 1. The predicted molar refractivity (Wildman–Crippen MR) is 105 cm³/mol. The Balaban J connectivity index is 1.54. The molecule has 4 rings (SSSR count). The van der Waals surface area contributed by atoms with Crippen molar-refractivity contribution in [3.05, 3.63) is 39.3 Å². The highest BCUT2D eigenvalue weighted by Gasteiger charge is 2.25. The van der Waals surface area contributed by atoms with Gasteiger partial charge < -0.3 is 20.0 Å². The number of amides is 1. The fourth-order valence-corrected chi connectivity index (χ4v) is 3.90. The van der Waals surface area contributed by atoms with Gasteiger partial charge in [-0.1, -0.05) is 0 Å². The van der Waals surface area contributed by atoms with Crippen molar-refractivity contribution in [1.82, 2.24) is 29.9 Å². The molecular weight excluding hydrogens is 398 g/mol. The van der Waals surface area contributed by atoms with E-state index >= 15 is 0 Å². The van der Waals surface area contributed by atoms with Gasteiger partial charge >= 0.3 is 5.97 Å². The standard InChI is InChI=1S/C17H15N7O4S/c1-6-9-15(26)22-8(3)23-16(9)29-11(6)17(27)28-7(2)14(25)24-13-10-12(19-4-18-10)20-5-21-13/h4-5,7H,1-3H3,(H,22,23,26)(H2,18,19,20,21,24,25). The molecule has 0 aliphatic heterocycles. The van der Waals surface area contributed by atoms with Crippen LogP contribution in [0.25, 0.3) is 21.4 Å². The summed E-state index contributed by atoms with van der Waals surface area (Å²) in [6.45, 7) is 4.74. The van der Waals surface area contributed by atoms with E-state index in [0.717, 1.165) is 11.3 Å². The fraction of sp³-hybridized carbons (Fsp3) is 0.235. The SMILES string of the molecule is Cc1nc2sc(C(=O)OC(C)C(=O)Nc3ncnc4nc[nH]c34)c(C)c2c(=O)[nH]1. The second-order valence-electron chi connectivity index (χ2n) is 6.25. The van der Waals surface area contributed by atoms with Crippen molar-refractivity contribution in [3.8, 4) is 0 Å². The first-order valence-electron chi connectivity index (χ1n) is 8.51. The number of anilines is 1. The van der Waals surface area contributed by atoms with E-state index in [-0.39, 0.29) is 16.3 Å². The molecule has 1 atom stereocenters. The summed E-state index contributed by atoms with van der Waals surface area (Å²) in [5.41, 5.74) is 0.999. The quantitative estimate of drug-likeness (QED) is 0.425. The minimum absolute atomic E-state index is 0.223. The third-order valence-electron chi connectivity index (χ3n) is 4.22. The van der Waals surface area contributed by atoms with Gasteiger partial charge in [0.2, 0.25) is 0 Å². The maximum atomic E-state index is 12.6. The summed E-state index contributed by atoms with van der Waals surface area (Å²) in [6.07, 6.45) is 1.59. The maximum Gasteiger partial charge on any atom is 0.349 e. The molecular formula is C17H15N7O4S. The molecule has 29 heavy (non-hydrogen) atoms. The second-order valence-corrected chi connectivity index (χ2v) is 7.25. The van der Waals surface area contributed by atoms with Gasteiger partial charge in [-0.25, -0.2) is 24.7 Å². The normalized spacial score (nSPS) is 12.2. The summed E-state index contributed by atoms with van der Waals surface area (Å²) in [4.78, 5) is 59.5. The molecule has 4 heterocycles. The summed E-state index contributed by atoms with van der Waals surface area (Å²) in [6, 6.07) is 0. The van der Waals surface area contributed by atoms with E-state index in [1.807, 2.05) is 0 Å². The van der Waals surface area contributed by atoms with Crippen LogP contribution in [0.15, 0.2) is 17.4 Å². The number of nitrogens with zero attached hydrogens (tertiary/aromatic N) is 4. The average Bonchev–Trinajstić information content (AvgIpc) is 3.26. The van der Waals surface area contributed by atoms with E-state index in [1.165, 1.54) is 19.6 Å². The Morgan fingerprint density at radius 1 is 1.24 bits per heavy atom. The van der Waals surface area contributed by atoms with Crippen LogP contribution in [0, 0.1) is 13.8 Å². The number of fused-ring (bicyclic) bond motifs is 2. The highest BCUT2D eigenvalue weighted by atomic mass is 32.1. The fourth-order valence-electron chi connectivity index (χ4n) is 2.79. The Hall–Kier alpha value is -3.67. The first-order valence-corrected chi connectivity index (χ1v) is 9.32. The van der Waals surface area contributed by atoms with Gasteiger partial charge in [0.25, 0.3) is 11.5 Å². The number of rotatable bonds is 4. The number of esters is 1. The van der Waals surface area contributed by atoms with Gasteiger partial charge in [-0.3, -0.25) is 9.59 Å². The van der Waals surface area contributed by atoms with Crippen molar-refractivity contribution >= 4 is 50.4 Å². The van der Waals surface area contributed by atoms with Gasteiger partial charge in [0.15, 0.2) is 17.6 Å². The van der Waals surface area contributed by atoms with E-state index in [0.29, 0.717) is 32.8 Å². The Kier molecular flexibility index (Phi) is 4.54. The molecule has 4 aromatic heterocycles. The molecule has 1 unspecified atom stereocenters. The second kappa shape index (κ2) is 7.05. The smallest absolute Gasteiger partial charge is 0.349 e. The number of ether oxygens (including phenoxy) is 1. The molecule has 0 saturated carbocycles. The van der Waals surface area contributed by atoms with E-state index < -0.39 is 18.0 Å². The molecule has 12 heteroatoms. The van der Waals surface area contributed by atoms with E-state index in [4.69, 9.17) is 4.74 Å². The number of nitrogens with one attached hydrogen (secondary N) is 3. The topological polar surface area (TPSA) is 156 Å². The minimum atomic E-state index is -1.10. The van der Waals surface area contributed by atoms with Crippen LogP contribution in [0.3, 0.4) is 0 Å². The summed E-state index contributed by atoms with van der Waals surface area (Å²) in [5, 5.41) is 2.92. The van der Waals surface area contributed by atoms with Gasteiger partial charge in [0.1, 0.15) is 27.4 Å². The molecule has 11 nitrogen and oxygen atoms in total. The molecule has 0 aromatic carbocycles. The Labute approximate surface area is 166 Å². The third kappa shape index (κ3) is 3.33. The number of aromatic amines is 2. The van der Waals surface area contributed by atoms with Crippen LogP contribution in [0.5, 0.6) is 0 Å². The third-order valence-corrected chi connectivity index (χ3v) is 5.39. The number of thiophene rings is 1. The minimum Gasteiger partial charge on any atom is -0.448 e. The van der Waals surface area contributed by atoms with Crippen LogP contribution >= 0.6 is 11.3 Å². The molecule has 0 spiro atoms. The molecule has 0 bridgehead atoms. The molecule has 0 aliphatic rings. The summed E-state index contributed by atoms with van der Waals surface area (Å²) >= 11 is 1.05. The number of H-pyrrole nitrogens is 2. The largest absolute Gasteiger partial charge is 0.448 e. The van der Waals surface area contributed by atoms with Gasteiger partial charge in [-0.2, -0.15) is 0 Å². The summed E-state index contributed by atoms with van der Waals surface area (Å²) in [7, 11) is 0. The van der Waals surface area contributed by atoms with Crippen LogP contribution in [0.1, 0.15) is 28.0 Å². The molecule has 4 aromatic rings. The number of hydrogen-bond donors (Lipinski definition) is 3. The van der Waals surface area contributed by atoms with Crippen LogP contribution in [0.2, 0.25) is 0 Å². The predicted octanol–water partition coefficient (Wildman–Crippen LogP) is 1.45. The average molecular weight is 413 g/mol. The van der Waals surface area contributed by atoms with Gasteiger partial charge in [0.05, 0.1) is 11.7 Å². The molecule has 0 aliphatic carbocycles. The van der Waals surface area contributed by atoms with Crippen molar-refractivity contribution in [2.75, 3.05) is 5.32 Å². The van der Waals surface area contributed by atoms with Crippen LogP contribution in [-0.2, 0) is 9.53 Å². The lowest BCUT2D eigenvalue weighted by Gasteiger charge is -2.13. The van der Waals surface area contributed by atoms with Crippen LogP contribution in [0.4, 0.5) is 5.82 Å². The number of carbonyl (C=O) groups excluding carboxylic acids is 2. The zero-order valence-corrected chi connectivity index (χ0v) is 16.4. The number of aryl methyl sites for hydroxylation is 2. The number of aromatic nitrogens is 6. The van der Waals surface area contributed by atoms with Crippen molar-refractivity contribution in [3.63, 3.8) is 0 Å². The van der Waals surface area contributed by atoms with E-state index in [2.05, 4.69) is 35.2 Å².